The summed E-state index contributed by atoms with van der Waals surface area (Å²) < 4.78 is 1.86. The highest BCUT2D eigenvalue weighted by atomic mass is 16.1. The van der Waals surface area contributed by atoms with E-state index in [4.69, 9.17) is 0 Å². The first-order chi connectivity index (χ1) is 10.6. The normalized spacial score (nSPS) is 10.8. The lowest BCUT2D eigenvalue weighted by atomic mass is 10.2. The predicted molar refractivity (Wildman–Crippen MR) is 89.7 cm³/mol. The molecule has 0 unspecified atom stereocenters. The summed E-state index contributed by atoms with van der Waals surface area (Å²) in [4.78, 5) is 13.8. The number of aromatic nitrogens is 2. The van der Waals surface area contributed by atoms with Crippen molar-refractivity contribution in [1.82, 2.24) is 15.1 Å². The molecular weight excluding hydrogens is 276 g/mol. The largest absolute Gasteiger partial charge is 0.378 e. The second-order valence-corrected chi connectivity index (χ2v) is 5.23. The lowest BCUT2D eigenvalue weighted by Gasteiger charge is -2.11. The van der Waals surface area contributed by atoms with Crippen molar-refractivity contribution in [1.29, 1.82) is 0 Å². The summed E-state index contributed by atoms with van der Waals surface area (Å²) >= 11 is 0. The highest BCUT2D eigenvalue weighted by Gasteiger charge is 1.97. The summed E-state index contributed by atoms with van der Waals surface area (Å²) in [5.74, 6) is -0.0721. The monoisotopic (exact) mass is 298 g/mol. The van der Waals surface area contributed by atoms with E-state index in [9.17, 15) is 4.79 Å². The van der Waals surface area contributed by atoms with Crippen LogP contribution in [-0.2, 0) is 11.3 Å². The highest BCUT2D eigenvalue weighted by molar-refractivity contribution is 5.91. The number of benzene rings is 1. The van der Waals surface area contributed by atoms with Crippen LogP contribution >= 0.6 is 0 Å². The lowest BCUT2D eigenvalue weighted by molar-refractivity contribution is -0.116. The number of hydrogen-bond acceptors (Lipinski definition) is 3. The smallest absolute Gasteiger partial charge is 0.244 e. The summed E-state index contributed by atoms with van der Waals surface area (Å²) in [5.41, 5.74) is 2.15. The molecule has 22 heavy (non-hydrogen) atoms. The Morgan fingerprint density at radius 2 is 2.09 bits per heavy atom. The minimum atomic E-state index is -0.0721. The average Bonchev–Trinajstić information content (AvgIpc) is 3.03. The van der Waals surface area contributed by atoms with Crippen LogP contribution < -0.4 is 10.2 Å². The van der Waals surface area contributed by atoms with Crippen LogP contribution in [0.15, 0.2) is 48.8 Å². The Morgan fingerprint density at radius 3 is 2.73 bits per heavy atom. The average molecular weight is 298 g/mol. The first-order valence-electron chi connectivity index (χ1n) is 7.36. The van der Waals surface area contributed by atoms with Crippen LogP contribution in [0.3, 0.4) is 0 Å². The molecule has 5 heteroatoms. The number of aryl methyl sites for hydroxylation is 1. The van der Waals surface area contributed by atoms with Gasteiger partial charge in [0.25, 0.3) is 0 Å². The molecule has 1 aromatic carbocycles. The zero-order valence-electron chi connectivity index (χ0n) is 13.1. The molecule has 0 saturated carbocycles. The van der Waals surface area contributed by atoms with Gasteiger partial charge in [-0.25, -0.2) is 0 Å². The third kappa shape index (κ3) is 5.09. The van der Waals surface area contributed by atoms with E-state index in [-0.39, 0.29) is 5.91 Å². The molecular formula is C17H22N4O. The minimum Gasteiger partial charge on any atom is -0.378 e. The van der Waals surface area contributed by atoms with Crippen LogP contribution in [0.2, 0.25) is 0 Å². The van der Waals surface area contributed by atoms with Crippen LogP contribution in [0.25, 0.3) is 6.08 Å². The van der Waals surface area contributed by atoms with Gasteiger partial charge in [-0.15, -0.1) is 0 Å². The van der Waals surface area contributed by atoms with Gasteiger partial charge in [0.2, 0.25) is 5.91 Å². The van der Waals surface area contributed by atoms with Gasteiger partial charge >= 0.3 is 0 Å². The van der Waals surface area contributed by atoms with Crippen LogP contribution in [0, 0.1) is 0 Å². The molecule has 0 radical (unpaired) electrons. The summed E-state index contributed by atoms with van der Waals surface area (Å²) in [6.07, 6.45) is 7.92. The number of carbonyl (C=O) groups is 1. The van der Waals surface area contributed by atoms with Gasteiger partial charge in [-0.3, -0.25) is 9.48 Å². The van der Waals surface area contributed by atoms with Gasteiger partial charge in [-0.05, 0) is 36.3 Å². The molecule has 0 bridgehead atoms. The Kier molecular flexibility index (Phi) is 5.77. The maximum atomic E-state index is 11.7. The van der Waals surface area contributed by atoms with Gasteiger partial charge < -0.3 is 10.2 Å². The molecule has 2 aromatic rings. The van der Waals surface area contributed by atoms with E-state index in [1.807, 2.05) is 66.3 Å². The zero-order valence-corrected chi connectivity index (χ0v) is 13.1. The van der Waals surface area contributed by atoms with Crippen molar-refractivity contribution in [3.63, 3.8) is 0 Å². The number of hydrogen-bond donors (Lipinski definition) is 1. The van der Waals surface area contributed by atoms with E-state index >= 15 is 0 Å². The second kappa shape index (κ2) is 8.02. The second-order valence-electron chi connectivity index (χ2n) is 5.23. The molecule has 1 aromatic heterocycles. The Balaban J connectivity index is 1.71. The third-order valence-electron chi connectivity index (χ3n) is 3.26. The maximum Gasteiger partial charge on any atom is 0.244 e. The molecule has 5 nitrogen and oxygen atoms in total. The first kappa shape index (κ1) is 15.8. The molecule has 1 heterocycles. The number of nitrogens with one attached hydrogen (secondary N) is 1. The summed E-state index contributed by atoms with van der Waals surface area (Å²) in [6.45, 7) is 1.45. The fourth-order valence-electron chi connectivity index (χ4n) is 2.00. The van der Waals surface area contributed by atoms with Gasteiger partial charge in [0.05, 0.1) is 0 Å². The molecule has 2 rings (SSSR count). The molecule has 0 aliphatic rings. The number of carbonyl (C=O) groups excluding carboxylic acids is 1. The van der Waals surface area contributed by atoms with E-state index in [1.165, 1.54) is 0 Å². The first-order valence-corrected chi connectivity index (χ1v) is 7.36. The van der Waals surface area contributed by atoms with Crippen molar-refractivity contribution in [3.8, 4) is 0 Å². The van der Waals surface area contributed by atoms with Gasteiger partial charge in [0.1, 0.15) is 0 Å². The van der Waals surface area contributed by atoms with Crippen molar-refractivity contribution in [2.45, 2.75) is 13.0 Å². The third-order valence-corrected chi connectivity index (χ3v) is 3.26. The number of rotatable bonds is 7. The van der Waals surface area contributed by atoms with E-state index < -0.39 is 0 Å². The van der Waals surface area contributed by atoms with Crippen molar-refractivity contribution in [2.24, 2.45) is 0 Å². The molecule has 0 atom stereocenters. The summed E-state index contributed by atoms with van der Waals surface area (Å²) in [5, 5.41) is 6.98. The standard InChI is InChI=1S/C17H22N4O/c1-20(2)16-8-5-15(6-9-16)7-10-17(22)18-11-3-13-21-14-4-12-19-21/h4-10,12,14H,3,11,13H2,1-2H3,(H,18,22). The fourth-order valence-corrected chi connectivity index (χ4v) is 2.00. The Bertz CT molecular complexity index is 600. The predicted octanol–water partition coefficient (Wildman–Crippen LogP) is 2.17. The van der Waals surface area contributed by atoms with Gasteiger partial charge in [-0.1, -0.05) is 12.1 Å². The van der Waals surface area contributed by atoms with Crippen molar-refractivity contribution in [3.05, 3.63) is 54.4 Å². The van der Waals surface area contributed by atoms with Crippen molar-refractivity contribution < 1.29 is 4.79 Å². The molecule has 1 amide bonds. The minimum absolute atomic E-state index is 0.0721. The molecule has 0 saturated heterocycles. The molecule has 1 N–H and O–H groups in total. The van der Waals surface area contributed by atoms with Crippen molar-refractivity contribution >= 4 is 17.7 Å². The number of nitrogens with zero attached hydrogens (tertiary/aromatic N) is 3. The SMILES string of the molecule is CN(C)c1ccc(C=CC(=O)NCCCn2cccn2)cc1. The van der Waals surface area contributed by atoms with Crippen LogP contribution in [0.1, 0.15) is 12.0 Å². The quantitative estimate of drug-likeness (QED) is 0.629. The summed E-state index contributed by atoms with van der Waals surface area (Å²) in [7, 11) is 4.00. The van der Waals surface area contributed by atoms with E-state index in [1.54, 1.807) is 12.3 Å². The highest BCUT2D eigenvalue weighted by Crippen LogP contribution is 2.12. The van der Waals surface area contributed by atoms with E-state index in [0.29, 0.717) is 6.54 Å². The number of anilines is 1. The molecule has 0 spiro atoms. The van der Waals surface area contributed by atoms with E-state index in [0.717, 1.165) is 24.2 Å². The van der Waals surface area contributed by atoms with Gasteiger partial charge in [0.15, 0.2) is 0 Å². The topological polar surface area (TPSA) is 50.2 Å². The van der Waals surface area contributed by atoms with Crippen molar-refractivity contribution in [2.75, 3.05) is 25.5 Å². The number of amides is 1. The molecule has 0 aliphatic carbocycles. The summed E-state index contributed by atoms with van der Waals surface area (Å²) in [6, 6.07) is 9.94. The Morgan fingerprint density at radius 1 is 1.32 bits per heavy atom. The Hall–Kier alpha value is -2.56. The maximum absolute atomic E-state index is 11.7. The Labute approximate surface area is 131 Å². The zero-order chi connectivity index (χ0) is 15.8. The van der Waals surface area contributed by atoms with Crippen LogP contribution in [0.4, 0.5) is 5.69 Å². The fraction of sp³-hybridized carbons (Fsp3) is 0.294. The van der Waals surface area contributed by atoms with E-state index in [2.05, 4.69) is 10.4 Å². The molecule has 116 valence electrons. The van der Waals surface area contributed by atoms with Crippen LogP contribution in [0.5, 0.6) is 0 Å². The lowest BCUT2D eigenvalue weighted by Crippen LogP contribution is -2.23. The van der Waals surface area contributed by atoms with Gasteiger partial charge in [0, 0.05) is 51.3 Å². The van der Waals surface area contributed by atoms with Gasteiger partial charge in [-0.2, -0.15) is 5.10 Å². The van der Waals surface area contributed by atoms with Crippen LogP contribution in [-0.4, -0.2) is 36.3 Å². The molecule has 0 fully saturated rings. The molecule has 0 aliphatic heterocycles.